The minimum atomic E-state index is -0.0727. The molecule has 0 atom stereocenters. The van der Waals surface area contributed by atoms with Crippen LogP contribution in [0.4, 0.5) is 0 Å². The number of likely N-dealkylation sites (tertiary alicyclic amines) is 1. The molecular formula is C14H20ClNO4. The van der Waals surface area contributed by atoms with Gasteiger partial charge in [-0.25, -0.2) is 0 Å². The Morgan fingerprint density at radius 2 is 2.20 bits per heavy atom. The van der Waals surface area contributed by atoms with Crippen molar-refractivity contribution in [3.63, 3.8) is 0 Å². The van der Waals surface area contributed by atoms with Gasteiger partial charge in [-0.3, -0.25) is 4.79 Å². The number of ether oxygens (including phenoxy) is 2. The van der Waals surface area contributed by atoms with Gasteiger partial charge in [0.25, 0.3) is 5.91 Å². The number of piperidine rings is 1. The molecule has 0 aliphatic carbocycles. The SMILES string of the molecule is CCOCCOC1CCN(C(=O)c2ccoc2Cl)CC1. The first kappa shape index (κ1) is 15.4. The Hall–Kier alpha value is -1.04. The molecule has 2 rings (SSSR count). The topological polar surface area (TPSA) is 51.9 Å². The maximum Gasteiger partial charge on any atom is 0.258 e. The monoisotopic (exact) mass is 301 g/mol. The van der Waals surface area contributed by atoms with Gasteiger partial charge in [0.15, 0.2) is 0 Å². The van der Waals surface area contributed by atoms with Crippen LogP contribution in [-0.4, -0.2) is 49.8 Å². The molecule has 0 N–H and O–H groups in total. The summed E-state index contributed by atoms with van der Waals surface area (Å²) in [6.07, 6.45) is 3.32. The quantitative estimate of drug-likeness (QED) is 0.758. The summed E-state index contributed by atoms with van der Waals surface area (Å²) in [6.45, 7) is 5.27. The van der Waals surface area contributed by atoms with Crippen LogP contribution in [0.5, 0.6) is 0 Å². The number of hydrogen-bond donors (Lipinski definition) is 0. The lowest BCUT2D eigenvalue weighted by atomic mass is 10.1. The van der Waals surface area contributed by atoms with Crippen molar-refractivity contribution in [3.05, 3.63) is 23.1 Å². The van der Waals surface area contributed by atoms with E-state index in [0.29, 0.717) is 38.5 Å². The van der Waals surface area contributed by atoms with E-state index in [2.05, 4.69) is 0 Å². The van der Waals surface area contributed by atoms with Gasteiger partial charge in [-0.15, -0.1) is 0 Å². The van der Waals surface area contributed by atoms with Crippen LogP contribution >= 0.6 is 11.6 Å². The number of carbonyl (C=O) groups is 1. The molecule has 0 unspecified atom stereocenters. The van der Waals surface area contributed by atoms with Gasteiger partial charge in [-0.05, 0) is 37.4 Å². The number of amides is 1. The highest BCUT2D eigenvalue weighted by Gasteiger charge is 2.26. The first-order valence-corrected chi connectivity index (χ1v) is 7.31. The molecular weight excluding hydrogens is 282 g/mol. The summed E-state index contributed by atoms with van der Waals surface area (Å²) in [5, 5.41) is 0.157. The summed E-state index contributed by atoms with van der Waals surface area (Å²) < 4.78 is 15.9. The van der Waals surface area contributed by atoms with Crippen LogP contribution in [0.1, 0.15) is 30.1 Å². The molecule has 0 bridgehead atoms. The highest BCUT2D eigenvalue weighted by atomic mass is 35.5. The number of rotatable bonds is 6. The Balaban J connectivity index is 1.74. The van der Waals surface area contributed by atoms with E-state index >= 15 is 0 Å². The van der Waals surface area contributed by atoms with Gasteiger partial charge in [0, 0.05) is 19.7 Å². The second-order valence-electron chi connectivity index (χ2n) is 4.67. The Bertz CT molecular complexity index is 427. The summed E-state index contributed by atoms with van der Waals surface area (Å²) in [6, 6.07) is 1.61. The Morgan fingerprint density at radius 3 is 2.80 bits per heavy atom. The highest BCUT2D eigenvalue weighted by molar-refractivity contribution is 6.32. The molecule has 1 aromatic rings. The normalized spacial score (nSPS) is 16.6. The summed E-state index contributed by atoms with van der Waals surface area (Å²) in [7, 11) is 0. The number of halogens is 1. The van der Waals surface area contributed by atoms with Crippen molar-refractivity contribution in [1.29, 1.82) is 0 Å². The van der Waals surface area contributed by atoms with Crippen molar-refractivity contribution in [2.75, 3.05) is 32.9 Å². The third-order valence-corrected chi connectivity index (χ3v) is 3.66. The van der Waals surface area contributed by atoms with Gasteiger partial charge >= 0.3 is 0 Å². The van der Waals surface area contributed by atoms with Gasteiger partial charge in [0.2, 0.25) is 5.22 Å². The third-order valence-electron chi connectivity index (χ3n) is 3.36. The fourth-order valence-corrected chi connectivity index (χ4v) is 2.46. The zero-order valence-corrected chi connectivity index (χ0v) is 12.4. The zero-order chi connectivity index (χ0) is 14.4. The van der Waals surface area contributed by atoms with Crippen LogP contribution in [0.3, 0.4) is 0 Å². The van der Waals surface area contributed by atoms with Gasteiger partial charge < -0.3 is 18.8 Å². The van der Waals surface area contributed by atoms with Crippen molar-refractivity contribution >= 4 is 17.5 Å². The summed E-state index contributed by atoms with van der Waals surface area (Å²) >= 11 is 5.83. The molecule has 1 aromatic heterocycles. The molecule has 0 spiro atoms. The molecule has 1 aliphatic rings. The van der Waals surface area contributed by atoms with E-state index in [1.165, 1.54) is 6.26 Å². The van der Waals surface area contributed by atoms with Crippen molar-refractivity contribution in [3.8, 4) is 0 Å². The highest BCUT2D eigenvalue weighted by Crippen LogP contribution is 2.21. The smallest absolute Gasteiger partial charge is 0.258 e. The molecule has 1 fully saturated rings. The first-order valence-electron chi connectivity index (χ1n) is 6.94. The van der Waals surface area contributed by atoms with E-state index in [1.807, 2.05) is 6.92 Å². The van der Waals surface area contributed by atoms with Crippen LogP contribution < -0.4 is 0 Å². The molecule has 0 aromatic carbocycles. The summed E-state index contributed by atoms with van der Waals surface area (Å²) in [4.78, 5) is 14.0. The molecule has 1 amide bonds. The van der Waals surface area contributed by atoms with E-state index in [-0.39, 0.29) is 17.2 Å². The number of furan rings is 1. The largest absolute Gasteiger partial charge is 0.452 e. The minimum Gasteiger partial charge on any atom is -0.452 e. The molecule has 112 valence electrons. The Kier molecular flexibility index (Phi) is 5.88. The Labute approximate surface area is 123 Å². The number of hydrogen-bond acceptors (Lipinski definition) is 4. The average Bonchev–Trinajstić information content (AvgIpc) is 2.90. The van der Waals surface area contributed by atoms with Crippen molar-refractivity contribution < 1.29 is 18.7 Å². The standard InChI is InChI=1S/C14H20ClNO4/c1-2-18-9-10-19-11-3-6-16(7-4-11)14(17)12-5-8-20-13(12)15/h5,8,11H,2-4,6-7,9-10H2,1H3. The fraction of sp³-hybridized carbons (Fsp3) is 0.643. The van der Waals surface area contributed by atoms with Crippen LogP contribution in [0.25, 0.3) is 0 Å². The number of nitrogens with zero attached hydrogens (tertiary/aromatic N) is 1. The molecule has 6 heteroatoms. The van der Waals surface area contributed by atoms with E-state index in [1.54, 1.807) is 11.0 Å². The minimum absolute atomic E-state index is 0.0727. The van der Waals surface area contributed by atoms with Crippen molar-refractivity contribution in [2.45, 2.75) is 25.9 Å². The predicted octanol–water partition coefficient (Wildman–Crippen LogP) is 2.59. The summed E-state index contributed by atoms with van der Waals surface area (Å²) in [5.41, 5.74) is 0.433. The van der Waals surface area contributed by atoms with E-state index in [9.17, 15) is 4.79 Å². The average molecular weight is 302 g/mol. The van der Waals surface area contributed by atoms with E-state index < -0.39 is 0 Å². The van der Waals surface area contributed by atoms with Gasteiger partial charge in [-0.2, -0.15) is 0 Å². The molecule has 1 aliphatic heterocycles. The van der Waals surface area contributed by atoms with Crippen LogP contribution in [0.15, 0.2) is 16.7 Å². The predicted molar refractivity (Wildman–Crippen MR) is 75.1 cm³/mol. The lowest BCUT2D eigenvalue weighted by Crippen LogP contribution is -2.41. The third kappa shape index (κ3) is 3.98. The molecule has 20 heavy (non-hydrogen) atoms. The first-order chi connectivity index (χ1) is 9.72. The fourth-order valence-electron chi connectivity index (χ4n) is 2.26. The maximum atomic E-state index is 12.2. The molecule has 1 saturated heterocycles. The second-order valence-corrected chi connectivity index (χ2v) is 5.01. The second kappa shape index (κ2) is 7.67. The van der Waals surface area contributed by atoms with Crippen molar-refractivity contribution in [1.82, 2.24) is 4.90 Å². The van der Waals surface area contributed by atoms with Gasteiger partial charge in [-0.1, -0.05) is 0 Å². The lowest BCUT2D eigenvalue weighted by molar-refractivity contribution is -0.0182. The van der Waals surface area contributed by atoms with Crippen LogP contribution in [0.2, 0.25) is 5.22 Å². The maximum absolute atomic E-state index is 12.2. The van der Waals surface area contributed by atoms with Crippen molar-refractivity contribution in [2.24, 2.45) is 0 Å². The van der Waals surface area contributed by atoms with Crippen LogP contribution in [-0.2, 0) is 9.47 Å². The molecule has 0 saturated carbocycles. The molecule has 0 radical (unpaired) electrons. The number of carbonyl (C=O) groups excluding carboxylic acids is 1. The Morgan fingerprint density at radius 1 is 1.45 bits per heavy atom. The van der Waals surface area contributed by atoms with Gasteiger partial charge in [0.1, 0.15) is 0 Å². The molecule has 2 heterocycles. The molecule has 5 nitrogen and oxygen atoms in total. The van der Waals surface area contributed by atoms with E-state index in [4.69, 9.17) is 25.5 Å². The summed E-state index contributed by atoms with van der Waals surface area (Å²) in [5.74, 6) is -0.0727. The zero-order valence-electron chi connectivity index (χ0n) is 11.6. The van der Waals surface area contributed by atoms with Crippen LogP contribution in [0, 0.1) is 0 Å². The van der Waals surface area contributed by atoms with Gasteiger partial charge in [0.05, 0.1) is 31.1 Å². The lowest BCUT2D eigenvalue weighted by Gasteiger charge is -2.31. The van der Waals surface area contributed by atoms with E-state index in [0.717, 1.165) is 12.8 Å².